The number of anilines is 2. The SMILES string of the molecule is COC(=O)C1CCN(c2ncnc(NC[C@H](NC(=O)OCc3ccccc3)C(=O)O)c2C)CC1. The van der Waals surface area contributed by atoms with Crippen LogP contribution in [0.1, 0.15) is 24.0 Å². The van der Waals surface area contributed by atoms with Crippen LogP contribution in [0.25, 0.3) is 0 Å². The van der Waals surface area contributed by atoms with Gasteiger partial charge >= 0.3 is 18.0 Å². The van der Waals surface area contributed by atoms with Crippen molar-refractivity contribution >= 4 is 29.7 Å². The Bertz CT molecular complexity index is 995. The van der Waals surface area contributed by atoms with Crippen LogP contribution in [0.2, 0.25) is 0 Å². The van der Waals surface area contributed by atoms with Gasteiger partial charge in [-0.1, -0.05) is 30.3 Å². The molecule has 0 radical (unpaired) electrons. The lowest BCUT2D eigenvalue weighted by molar-refractivity contribution is -0.146. The van der Waals surface area contributed by atoms with E-state index in [9.17, 15) is 19.5 Å². The molecule has 1 aliphatic rings. The molecule has 182 valence electrons. The zero-order valence-electron chi connectivity index (χ0n) is 19.2. The average molecular weight is 472 g/mol. The van der Waals surface area contributed by atoms with Gasteiger partial charge in [0.1, 0.15) is 30.6 Å². The molecule has 11 heteroatoms. The number of benzene rings is 1. The second-order valence-electron chi connectivity index (χ2n) is 7.93. The topological polar surface area (TPSA) is 143 Å². The third kappa shape index (κ3) is 6.56. The molecule has 1 atom stereocenters. The molecule has 0 saturated carbocycles. The lowest BCUT2D eigenvalue weighted by Crippen LogP contribution is -2.45. The number of esters is 1. The summed E-state index contributed by atoms with van der Waals surface area (Å²) in [6, 6.07) is 7.87. The Balaban J connectivity index is 1.56. The summed E-state index contributed by atoms with van der Waals surface area (Å²) >= 11 is 0. The number of carbonyl (C=O) groups is 3. The monoisotopic (exact) mass is 471 g/mol. The van der Waals surface area contributed by atoms with Gasteiger partial charge in [-0.05, 0) is 25.3 Å². The summed E-state index contributed by atoms with van der Waals surface area (Å²) in [6.07, 6.45) is 1.89. The van der Waals surface area contributed by atoms with Gasteiger partial charge in [0.15, 0.2) is 0 Å². The molecule has 1 aromatic heterocycles. The highest BCUT2D eigenvalue weighted by Gasteiger charge is 2.27. The van der Waals surface area contributed by atoms with Crippen LogP contribution in [0.4, 0.5) is 16.4 Å². The molecule has 3 rings (SSSR count). The summed E-state index contributed by atoms with van der Waals surface area (Å²) in [4.78, 5) is 46.1. The highest BCUT2D eigenvalue weighted by atomic mass is 16.5. The highest BCUT2D eigenvalue weighted by molar-refractivity contribution is 5.80. The number of nitrogens with one attached hydrogen (secondary N) is 2. The second-order valence-corrected chi connectivity index (χ2v) is 7.93. The Labute approximate surface area is 197 Å². The van der Waals surface area contributed by atoms with Crippen LogP contribution in [-0.4, -0.2) is 65.9 Å². The molecule has 2 heterocycles. The van der Waals surface area contributed by atoms with Gasteiger partial charge in [0.25, 0.3) is 0 Å². The fourth-order valence-corrected chi connectivity index (χ4v) is 3.74. The minimum absolute atomic E-state index is 0.0352. The van der Waals surface area contributed by atoms with E-state index >= 15 is 0 Å². The molecule has 1 fully saturated rings. The summed E-state index contributed by atoms with van der Waals surface area (Å²) in [6.45, 7) is 3.06. The van der Waals surface area contributed by atoms with E-state index in [0.717, 1.165) is 11.1 Å². The van der Waals surface area contributed by atoms with Gasteiger partial charge in [-0.2, -0.15) is 0 Å². The van der Waals surface area contributed by atoms with Gasteiger partial charge in [0.05, 0.1) is 13.0 Å². The van der Waals surface area contributed by atoms with Gasteiger partial charge in [-0.25, -0.2) is 19.6 Å². The normalized spacial score (nSPS) is 14.7. The maximum atomic E-state index is 12.1. The van der Waals surface area contributed by atoms with Crippen molar-refractivity contribution < 1.29 is 29.0 Å². The first-order valence-corrected chi connectivity index (χ1v) is 11.0. The number of ether oxygens (including phenoxy) is 2. The molecule has 0 unspecified atom stereocenters. The van der Waals surface area contributed by atoms with E-state index < -0.39 is 18.1 Å². The Kier molecular flexibility index (Phi) is 8.60. The van der Waals surface area contributed by atoms with Crippen molar-refractivity contribution in [2.24, 2.45) is 5.92 Å². The predicted molar refractivity (Wildman–Crippen MR) is 123 cm³/mol. The Morgan fingerprint density at radius 3 is 2.53 bits per heavy atom. The molecule has 0 bridgehead atoms. The van der Waals surface area contributed by atoms with Crippen LogP contribution in [-0.2, 0) is 25.7 Å². The number of methoxy groups -OCH3 is 1. The minimum atomic E-state index is -1.23. The van der Waals surface area contributed by atoms with Gasteiger partial charge < -0.3 is 30.1 Å². The number of aromatic nitrogens is 2. The van der Waals surface area contributed by atoms with Crippen molar-refractivity contribution in [2.45, 2.75) is 32.4 Å². The first-order valence-electron chi connectivity index (χ1n) is 11.0. The lowest BCUT2D eigenvalue weighted by atomic mass is 9.97. The fraction of sp³-hybridized carbons (Fsp3) is 0.435. The summed E-state index contributed by atoms with van der Waals surface area (Å²) in [5, 5.41) is 14.9. The lowest BCUT2D eigenvalue weighted by Gasteiger charge is -2.32. The number of piperidine rings is 1. The number of nitrogens with zero attached hydrogens (tertiary/aromatic N) is 3. The number of hydrogen-bond donors (Lipinski definition) is 3. The van der Waals surface area contributed by atoms with Crippen molar-refractivity contribution in [1.82, 2.24) is 15.3 Å². The Morgan fingerprint density at radius 1 is 1.18 bits per heavy atom. The molecule has 1 aliphatic heterocycles. The molecule has 2 aromatic rings. The van der Waals surface area contributed by atoms with Gasteiger partial charge in [0, 0.05) is 25.2 Å². The number of carbonyl (C=O) groups excluding carboxylic acids is 2. The number of carboxylic acids is 1. The van der Waals surface area contributed by atoms with Crippen molar-refractivity contribution in [1.29, 1.82) is 0 Å². The maximum Gasteiger partial charge on any atom is 0.408 e. The first kappa shape index (κ1) is 24.7. The molecular weight excluding hydrogens is 442 g/mol. The molecule has 0 aliphatic carbocycles. The van der Waals surface area contributed by atoms with Gasteiger partial charge in [0.2, 0.25) is 0 Å². The zero-order valence-corrected chi connectivity index (χ0v) is 19.2. The fourth-order valence-electron chi connectivity index (χ4n) is 3.74. The number of amides is 1. The summed E-state index contributed by atoms with van der Waals surface area (Å²) in [7, 11) is 1.39. The van der Waals surface area contributed by atoms with E-state index in [2.05, 4.69) is 25.5 Å². The second kappa shape index (κ2) is 11.8. The molecular formula is C23H29N5O6. The first-order chi connectivity index (χ1) is 16.4. The van der Waals surface area contributed by atoms with Crippen molar-refractivity contribution in [2.75, 3.05) is 37.0 Å². The average Bonchev–Trinajstić information content (AvgIpc) is 2.86. The van der Waals surface area contributed by atoms with E-state index in [4.69, 9.17) is 9.47 Å². The molecule has 1 saturated heterocycles. The van der Waals surface area contributed by atoms with Crippen LogP contribution in [0.5, 0.6) is 0 Å². The van der Waals surface area contributed by atoms with Gasteiger partial charge in [-0.15, -0.1) is 0 Å². The third-order valence-electron chi connectivity index (χ3n) is 5.66. The highest BCUT2D eigenvalue weighted by Crippen LogP contribution is 2.27. The molecule has 0 spiro atoms. The number of rotatable bonds is 9. The zero-order chi connectivity index (χ0) is 24.5. The molecule has 1 amide bonds. The van der Waals surface area contributed by atoms with Crippen LogP contribution in [0, 0.1) is 12.8 Å². The molecule has 11 nitrogen and oxygen atoms in total. The van der Waals surface area contributed by atoms with E-state index in [1.165, 1.54) is 13.4 Å². The van der Waals surface area contributed by atoms with Crippen molar-refractivity contribution in [3.63, 3.8) is 0 Å². The Hall–Kier alpha value is -3.89. The summed E-state index contributed by atoms with van der Waals surface area (Å²) < 4.78 is 9.94. The van der Waals surface area contributed by atoms with E-state index in [-0.39, 0.29) is 25.0 Å². The summed E-state index contributed by atoms with van der Waals surface area (Å²) in [5.74, 6) is -0.351. The quantitative estimate of drug-likeness (QED) is 0.464. The minimum Gasteiger partial charge on any atom is -0.480 e. The van der Waals surface area contributed by atoms with E-state index in [1.54, 1.807) is 12.1 Å². The summed E-state index contributed by atoms with van der Waals surface area (Å²) in [5.41, 5.74) is 1.54. The molecule has 1 aromatic carbocycles. The predicted octanol–water partition coefficient (Wildman–Crippen LogP) is 1.97. The van der Waals surface area contributed by atoms with Crippen LogP contribution in [0.15, 0.2) is 36.7 Å². The van der Waals surface area contributed by atoms with Crippen molar-refractivity contribution in [3.8, 4) is 0 Å². The maximum absolute atomic E-state index is 12.1. The van der Waals surface area contributed by atoms with Crippen LogP contribution >= 0.6 is 0 Å². The number of alkyl carbamates (subject to hydrolysis) is 1. The van der Waals surface area contributed by atoms with E-state index in [1.807, 2.05) is 25.1 Å². The smallest absolute Gasteiger partial charge is 0.408 e. The number of carboxylic acid groups (broad SMARTS) is 1. The van der Waals surface area contributed by atoms with Crippen LogP contribution < -0.4 is 15.5 Å². The third-order valence-corrected chi connectivity index (χ3v) is 5.66. The standard InChI is InChI=1S/C23H29N5O6/c1-15-19(25-14-26-20(15)28-10-8-17(9-11-28)22(31)33-2)24-12-18(21(29)30)27-23(32)34-13-16-6-4-3-5-7-16/h3-7,14,17-18H,8-13H2,1-2H3,(H,27,32)(H,29,30)(H,24,25,26)/t18-/m0/s1. The van der Waals surface area contributed by atoms with E-state index in [0.29, 0.717) is 37.6 Å². The molecule has 3 N–H and O–H groups in total. The van der Waals surface area contributed by atoms with Crippen LogP contribution in [0.3, 0.4) is 0 Å². The van der Waals surface area contributed by atoms with Gasteiger partial charge in [-0.3, -0.25) is 4.79 Å². The Morgan fingerprint density at radius 2 is 1.88 bits per heavy atom. The number of hydrogen-bond acceptors (Lipinski definition) is 9. The van der Waals surface area contributed by atoms with Crippen molar-refractivity contribution in [3.05, 3.63) is 47.8 Å². The molecule has 34 heavy (non-hydrogen) atoms. The number of aliphatic carboxylic acids is 1. The largest absolute Gasteiger partial charge is 0.480 e.